The van der Waals surface area contributed by atoms with Gasteiger partial charge in [0.25, 0.3) is 0 Å². The number of benzene rings is 2. The van der Waals surface area contributed by atoms with E-state index in [4.69, 9.17) is 5.11 Å². The second-order valence-electron chi connectivity index (χ2n) is 3.04. The number of aromatic hydroxyl groups is 1. The van der Waals surface area contributed by atoms with E-state index in [-0.39, 0.29) is 11.5 Å². The van der Waals surface area contributed by atoms with Crippen molar-refractivity contribution in [3.63, 3.8) is 0 Å². The van der Waals surface area contributed by atoms with Gasteiger partial charge in [0, 0.05) is 0 Å². The van der Waals surface area contributed by atoms with Crippen LogP contribution < -0.4 is 4.74 Å². The van der Waals surface area contributed by atoms with Crippen molar-refractivity contribution in [2.24, 2.45) is 0 Å². The van der Waals surface area contributed by atoms with Gasteiger partial charge in [0.15, 0.2) is 11.5 Å². The Balaban J connectivity index is 2.56. The van der Waals surface area contributed by atoms with Crippen LogP contribution in [0, 0.1) is 0 Å². The highest BCUT2D eigenvalue weighted by Crippen LogP contribution is 2.31. The first kappa shape index (κ1) is 9.33. The number of phenols is 1. The Bertz CT molecular complexity index is 519. The van der Waals surface area contributed by atoms with Crippen LogP contribution in [0.2, 0.25) is 0 Å². The molecular weight excluding hydrogens is 196 g/mol. The monoisotopic (exact) mass is 204 g/mol. The minimum absolute atomic E-state index is 0.0544. The molecule has 0 heterocycles. The molecule has 2 aromatic carbocycles. The first-order chi connectivity index (χ1) is 7.16. The largest absolute Gasteiger partial charge is 0.511 e. The number of rotatable bonds is 1. The van der Waals surface area contributed by atoms with Gasteiger partial charge in [-0.1, -0.05) is 24.3 Å². The SMILES string of the molecule is O=C(O)Oc1cc2ccccc2cc1O. The molecule has 76 valence electrons. The van der Waals surface area contributed by atoms with Gasteiger partial charge in [0.05, 0.1) is 0 Å². The zero-order chi connectivity index (χ0) is 10.8. The van der Waals surface area contributed by atoms with Gasteiger partial charge in [-0.05, 0) is 22.9 Å². The lowest BCUT2D eigenvalue weighted by atomic mass is 10.1. The van der Waals surface area contributed by atoms with Crippen LogP contribution in [0.25, 0.3) is 10.8 Å². The third kappa shape index (κ3) is 1.83. The minimum Gasteiger partial charge on any atom is -0.504 e. The van der Waals surface area contributed by atoms with E-state index in [2.05, 4.69) is 4.74 Å². The van der Waals surface area contributed by atoms with Crippen LogP contribution in [0.3, 0.4) is 0 Å². The van der Waals surface area contributed by atoms with Crippen molar-refractivity contribution in [2.45, 2.75) is 0 Å². The number of phenolic OH excluding ortho intramolecular Hbond substituents is 1. The fourth-order valence-electron chi connectivity index (χ4n) is 1.38. The molecule has 0 aliphatic rings. The van der Waals surface area contributed by atoms with Crippen LogP contribution >= 0.6 is 0 Å². The summed E-state index contributed by atoms with van der Waals surface area (Å²) in [5, 5.41) is 19.5. The fraction of sp³-hybridized carbons (Fsp3) is 0. The Labute approximate surface area is 85.3 Å². The topological polar surface area (TPSA) is 66.8 Å². The molecule has 0 saturated heterocycles. The lowest BCUT2D eigenvalue weighted by Gasteiger charge is -2.04. The van der Waals surface area contributed by atoms with E-state index in [9.17, 15) is 9.90 Å². The minimum atomic E-state index is -1.44. The van der Waals surface area contributed by atoms with Gasteiger partial charge < -0.3 is 14.9 Å². The van der Waals surface area contributed by atoms with E-state index >= 15 is 0 Å². The Morgan fingerprint density at radius 1 is 1.13 bits per heavy atom. The van der Waals surface area contributed by atoms with Gasteiger partial charge in [-0.15, -0.1) is 0 Å². The first-order valence-corrected chi connectivity index (χ1v) is 4.29. The van der Waals surface area contributed by atoms with Crippen molar-refractivity contribution in [3.8, 4) is 11.5 Å². The number of fused-ring (bicyclic) bond motifs is 1. The fourth-order valence-corrected chi connectivity index (χ4v) is 1.38. The van der Waals surface area contributed by atoms with E-state index in [1.165, 1.54) is 12.1 Å². The van der Waals surface area contributed by atoms with Gasteiger partial charge >= 0.3 is 6.16 Å². The molecule has 0 radical (unpaired) electrons. The first-order valence-electron chi connectivity index (χ1n) is 4.29. The molecule has 0 atom stereocenters. The second-order valence-corrected chi connectivity index (χ2v) is 3.04. The van der Waals surface area contributed by atoms with E-state index in [1.807, 2.05) is 24.3 Å². The zero-order valence-corrected chi connectivity index (χ0v) is 7.68. The third-order valence-electron chi connectivity index (χ3n) is 2.02. The van der Waals surface area contributed by atoms with Crippen molar-refractivity contribution in [1.82, 2.24) is 0 Å². The quantitative estimate of drug-likeness (QED) is 0.553. The van der Waals surface area contributed by atoms with Crippen molar-refractivity contribution in [3.05, 3.63) is 36.4 Å². The number of carbonyl (C=O) groups is 1. The van der Waals surface area contributed by atoms with Gasteiger partial charge in [0.2, 0.25) is 0 Å². The van der Waals surface area contributed by atoms with E-state index in [0.717, 1.165) is 10.8 Å². The van der Waals surface area contributed by atoms with Gasteiger partial charge in [-0.3, -0.25) is 0 Å². The summed E-state index contributed by atoms with van der Waals surface area (Å²) in [6, 6.07) is 10.2. The normalized spacial score (nSPS) is 10.1. The summed E-state index contributed by atoms with van der Waals surface area (Å²) in [6.07, 6.45) is -1.44. The molecule has 2 aromatic rings. The molecule has 2 N–H and O–H groups in total. The van der Waals surface area contributed by atoms with Crippen LogP contribution in [0.4, 0.5) is 4.79 Å². The van der Waals surface area contributed by atoms with Gasteiger partial charge in [0.1, 0.15) is 0 Å². The van der Waals surface area contributed by atoms with Crippen LogP contribution in [0.1, 0.15) is 0 Å². The summed E-state index contributed by atoms with van der Waals surface area (Å²) in [4.78, 5) is 10.3. The number of hydrogen-bond donors (Lipinski definition) is 2. The van der Waals surface area contributed by atoms with Crippen molar-refractivity contribution in [2.75, 3.05) is 0 Å². The predicted molar refractivity (Wildman–Crippen MR) is 54.3 cm³/mol. The third-order valence-corrected chi connectivity index (χ3v) is 2.02. The Morgan fingerprint density at radius 2 is 1.73 bits per heavy atom. The van der Waals surface area contributed by atoms with Crippen LogP contribution in [0.15, 0.2) is 36.4 Å². The maximum absolute atomic E-state index is 10.3. The summed E-state index contributed by atoms with van der Waals surface area (Å²) in [5.41, 5.74) is 0. The lowest BCUT2D eigenvalue weighted by molar-refractivity contribution is 0.143. The highest BCUT2D eigenvalue weighted by molar-refractivity contribution is 5.86. The molecule has 15 heavy (non-hydrogen) atoms. The molecule has 0 bridgehead atoms. The Kier molecular flexibility index (Phi) is 2.17. The molecule has 0 aliphatic heterocycles. The molecule has 0 aromatic heterocycles. The molecule has 2 rings (SSSR count). The maximum Gasteiger partial charge on any atom is 0.511 e. The molecule has 0 aliphatic carbocycles. The molecule has 0 unspecified atom stereocenters. The molecule has 0 spiro atoms. The average Bonchev–Trinajstić information content (AvgIpc) is 2.18. The number of carboxylic acid groups (broad SMARTS) is 1. The Hall–Kier alpha value is -2.23. The zero-order valence-electron chi connectivity index (χ0n) is 7.68. The molecule has 0 saturated carbocycles. The van der Waals surface area contributed by atoms with Crippen molar-refractivity contribution < 1.29 is 19.7 Å². The highest BCUT2D eigenvalue weighted by atomic mass is 16.7. The maximum atomic E-state index is 10.3. The van der Waals surface area contributed by atoms with Crippen LogP contribution in [-0.2, 0) is 0 Å². The van der Waals surface area contributed by atoms with Crippen LogP contribution in [0.5, 0.6) is 11.5 Å². The van der Waals surface area contributed by atoms with E-state index in [1.54, 1.807) is 0 Å². The van der Waals surface area contributed by atoms with Crippen molar-refractivity contribution in [1.29, 1.82) is 0 Å². The second kappa shape index (κ2) is 3.49. The van der Waals surface area contributed by atoms with E-state index in [0.29, 0.717) is 0 Å². The predicted octanol–water partition coefficient (Wildman–Crippen LogP) is 2.60. The summed E-state index contributed by atoms with van der Waals surface area (Å²) < 4.78 is 4.42. The summed E-state index contributed by atoms with van der Waals surface area (Å²) >= 11 is 0. The Morgan fingerprint density at radius 3 is 2.33 bits per heavy atom. The smallest absolute Gasteiger partial charge is 0.504 e. The average molecular weight is 204 g/mol. The van der Waals surface area contributed by atoms with Crippen molar-refractivity contribution >= 4 is 16.9 Å². The number of hydrogen-bond acceptors (Lipinski definition) is 3. The van der Waals surface area contributed by atoms with Gasteiger partial charge in [-0.2, -0.15) is 0 Å². The molecule has 0 fully saturated rings. The molecule has 0 amide bonds. The summed E-state index contributed by atoms with van der Waals surface area (Å²) in [7, 11) is 0. The van der Waals surface area contributed by atoms with Crippen LogP contribution in [-0.4, -0.2) is 16.4 Å². The molecular formula is C11H8O4. The summed E-state index contributed by atoms with van der Waals surface area (Å²) in [5.74, 6) is -0.239. The lowest BCUT2D eigenvalue weighted by Crippen LogP contribution is -2.02. The molecule has 4 nitrogen and oxygen atoms in total. The van der Waals surface area contributed by atoms with E-state index < -0.39 is 6.16 Å². The number of ether oxygens (including phenoxy) is 1. The highest BCUT2D eigenvalue weighted by Gasteiger charge is 2.08. The molecule has 4 heteroatoms. The summed E-state index contributed by atoms with van der Waals surface area (Å²) in [6.45, 7) is 0. The standard InChI is InChI=1S/C11H8O4/c12-9-5-7-3-1-2-4-8(7)6-10(9)15-11(13)14/h1-6,12H,(H,13,14). The van der Waals surface area contributed by atoms with Gasteiger partial charge in [-0.25, -0.2) is 4.79 Å².